The Bertz CT molecular complexity index is 2900. The van der Waals surface area contributed by atoms with Gasteiger partial charge in [-0.2, -0.15) is 0 Å². The maximum atomic E-state index is 15.2. The van der Waals surface area contributed by atoms with E-state index in [1.807, 2.05) is 196 Å². The van der Waals surface area contributed by atoms with Crippen LogP contribution in [0, 0.1) is 5.41 Å². The lowest BCUT2D eigenvalue weighted by Crippen LogP contribution is -2.58. The van der Waals surface area contributed by atoms with E-state index in [-0.39, 0.29) is 38.8 Å². The van der Waals surface area contributed by atoms with Crippen LogP contribution >= 0.6 is 0 Å². The van der Waals surface area contributed by atoms with Crippen LogP contribution in [0.5, 0.6) is 23.0 Å². The highest BCUT2D eigenvalue weighted by Gasteiger charge is 2.48. The molecule has 0 aromatic heterocycles. The van der Waals surface area contributed by atoms with Crippen LogP contribution in [0.25, 0.3) is 21.5 Å². The Labute approximate surface area is 428 Å². The highest BCUT2D eigenvalue weighted by atomic mass is 16.5. The number of hydrogen-bond acceptors (Lipinski definition) is 8. The summed E-state index contributed by atoms with van der Waals surface area (Å²) in [4.78, 5) is 30.4. The zero-order valence-electron chi connectivity index (χ0n) is 42.6. The third kappa shape index (κ3) is 11.1. The molecule has 0 saturated heterocycles. The fraction of sp³-hybridized carbons (Fsp3) is 0.270. The van der Waals surface area contributed by atoms with Crippen molar-refractivity contribution in [2.45, 2.75) is 62.6 Å². The number of carbonyl (C=O) groups is 2. The number of hydrogen-bond donors (Lipinski definition) is 4. The molecule has 8 aromatic rings. The van der Waals surface area contributed by atoms with Crippen molar-refractivity contribution in [3.05, 3.63) is 215 Å². The lowest BCUT2D eigenvalue weighted by Gasteiger charge is -2.40. The molecule has 0 spiro atoms. The van der Waals surface area contributed by atoms with Crippen molar-refractivity contribution in [1.29, 1.82) is 0 Å². The van der Waals surface area contributed by atoms with Gasteiger partial charge >= 0.3 is 0 Å². The van der Waals surface area contributed by atoms with Crippen molar-refractivity contribution < 1.29 is 38.7 Å². The SMILES string of the molecule is CCC(CC)(C(=O)NCC(O)(Cc1ccc(OC)cc1)C(c1ccc(OC)cc1)c1cccc2ccccc12)C(=O)NCC(O)(Cc1ccc(OC)cc1)C(c1ccc(OC)cc1)c1cccc2ccccc12. The number of rotatable bonds is 22. The fourth-order valence-corrected chi connectivity index (χ4v) is 10.7. The Kier molecular flexibility index (Phi) is 16.2. The quantitative estimate of drug-likeness (QED) is 0.0493. The van der Waals surface area contributed by atoms with Gasteiger partial charge in [0.1, 0.15) is 28.4 Å². The molecule has 4 atom stereocenters. The monoisotopic (exact) mass is 978 g/mol. The van der Waals surface area contributed by atoms with Gasteiger partial charge in [-0.25, -0.2) is 0 Å². The standard InChI is InChI=1S/C63H66N2O8/c1-7-61(8-2,59(66)64-41-62(68,39-43-23-31-49(70-3)32-24-43)57(47-27-35-51(72-5)36-28-47)55-21-13-17-45-15-9-11-19-53(45)55)60(67)65-42-63(69,40-44-25-33-50(71-4)34-26-44)58(48-29-37-52(73-6)38-30-48)56-22-14-18-46-16-10-12-20-54(46)56/h9-38,57-58,68-69H,7-8,39-42H2,1-6H3,(H,64,66)(H,65,67). The molecule has 0 aliphatic carbocycles. The second-order valence-corrected chi connectivity index (χ2v) is 19.0. The maximum absolute atomic E-state index is 15.2. The van der Waals surface area contributed by atoms with Crippen LogP contribution in [0.3, 0.4) is 0 Å². The summed E-state index contributed by atoms with van der Waals surface area (Å²) in [5.41, 5.74) is 0.100. The molecule has 0 fully saturated rings. The molecule has 0 aliphatic rings. The van der Waals surface area contributed by atoms with E-state index in [0.717, 1.165) is 54.9 Å². The number of ether oxygens (including phenoxy) is 4. The van der Waals surface area contributed by atoms with Gasteiger partial charge in [-0.1, -0.05) is 147 Å². The molecular weight excluding hydrogens is 913 g/mol. The van der Waals surface area contributed by atoms with Crippen molar-refractivity contribution >= 4 is 33.4 Å². The molecular formula is C63H66N2O8. The molecule has 0 bridgehead atoms. The Hall–Kier alpha value is -7.66. The number of benzene rings is 8. The van der Waals surface area contributed by atoms with E-state index < -0.39 is 40.3 Å². The number of fused-ring (bicyclic) bond motifs is 2. The molecule has 8 aromatic carbocycles. The lowest BCUT2D eigenvalue weighted by molar-refractivity contribution is -0.146. The van der Waals surface area contributed by atoms with Crippen LogP contribution in [0.2, 0.25) is 0 Å². The second kappa shape index (κ2) is 22.8. The molecule has 0 radical (unpaired) electrons. The summed E-state index contributed by atoms with van der Waals surface area (Å²) in [7, 11) is 6.44. The van der Waals surface area contributed by atoms with Gasteiger partial charge in [0.05, 0.1) is 39.6 Å². The minimum atomic E-state index is -1.66. The minimum absolute atomic E-state index is 0.133. The zero-order chi connectivity index (χ0) is 51.6. The van der Waals surface area contributed by atoms with Gasteiger partial charge in [-0.3, -0.25) is 9.59 Å². The van der Waals surface area contributed by atoms with Crippen LogP contribution in [0.4, 0.5) is 0 Å². The Morgan fingerprint density at radius 2 is 0.753 bits per heavy atom. The molecule has 8 rings (SSSR count). The van der Waals surface area contributed by atoms with Gasteiger partial charge in [0.25, 0.3) is 0 Å². The highest BCUT2D eigenvalue weighted by molar-refractivity contribution is 6.05. The van der Waals surface area contributed by atoms with Gasteiger partial charge in [-0.15, -0.1) is 0 Å². The third-order valence-corrected chi connectivity index (χ3v) is 14.8. The van der Waals surface area contributed by atoms with Crippen LogP contribution in [0.15, 0.2) is 182 Å². The summed E-state index contributed by atoms with van der Waals surface area (Å²) in [6.07, 6.45) is 0.554. The first kappa shape index (κ1) is 51.7. The van der Waals surface area contributed by atoms with E-state index in [4.69, 9.17) is 18.9 Å². The van der Waals surface area contributed by atoms with E-state index in [1.54, 1.807) is 28.4 Å². The molecule has 4 N–H and O–H groups in total. The average molecular weight is 979 g/mol. The molecule has 0 heterocycles. The summed E-state index contributed by atoms with van der Waals surface area (Å²) in [6, 6.07) is 58.6. The molecule has 4 unspecified atom stereocenters. The third-order valence-electron chi connectivity index (χ3n) is 14.8. The van der Waals surface area contributed by atoms with Gasteiger partial charge in [0.2, 0.25) is 11.8 Å². The summed E-state index contributed by atoms with van der Waals surface area (Å²) >= 11 is 0. The number of methoxy groups -OCH3 is 4. The first-order valence-corrected chi connectivity index (χ1v) is 24.9. The molecule has 376 valence electrons. The van der Waals surface area contributed by atoms with Crippen molar-refractivity contribution in [3.63, 3.8) is 0 Å². The van der Waals surface area contributed by atoms with Crippen molar-refractivity contribution in [2.75, 3.05) is 41.5 Å². The minimum Gasteiger partial charge on any atom is -0.497 e. The molecule has 2 amide bonds. The number of nitrogens with one attached hydrogen (secondary N) is 2. The van der Waals surface area contributed by atoms with E-state index in [1.165, 1.54) is 0 Å². The molecule has 0 aliphatic heterocycles. The van der Waals surface area contributed by atoms with Crippen LogP contribution < -0.4 is 29.6 Å². The van der Waals surface area contributed by atoms with Crippen LogP contribution in [-0.2, 0) is 22.4 Å². The van der Waals surface area contributed by atoms with Gasteiger partial charge in [0.15, 0.2) is 0 Å². The van der Waals surface area contributed by atoms with E-state index >= 15 is 9.59 Å². The molecule has 10 nitrogen and oxygen atoms in total. The van der Waals surface area contributed by atoms with Crippen molar-refractivity contribution in [1.82, 2.24) is 10.6 Å². The Morgan fingerprint density at radius 1 is 0.438 bits per heavy atom. The average Bonchev–Trinajstić information content (AvgIpc) is 3.43. The largest absolute Gasteiger partial charge is 0.497 e. The van der Waals surface area contributed by atoms with E-state index in [2.05, 4.69) is 10.6 Å². The van der Waals surface area contributed by atoms with Crippen molar-refractivity contribution in [3.8, 4) is 23.0 Å². The van der Waals surface area contributed by atoms with Gasteiger partial charge in [0, 0.05) is 37.8 Å². The summed E-state index contributed by atoms with van der Waals surface area (Å²) in [6.45, 7) is 3.22. The normalized spacial score (nSPS) is 14.0. The summed E-state index contributed by atoms with van der Waals surface area (Å²) in [5.74, 6) is 0.265. The topological polar surface area (TPSA) is 136 Å². The summed E-state index contributed by atoms with van der Waals surface area (Å²) < 4.78 is 22.1. The maximum Gasteiger partial charge on any atom is 0.235 e. The second-order valence-electron chi connectivity index (χ2n) is 19.0. The number of aliphatic hydroxyl groups is 2. The molecule has 73 heavy (non-hydrogen) atoms. The number of carbonyl (C=O) groups excluding carboxylic acids is 2. The van der Waals surface area contributed by atoms with Crippen LogP contribution in [-0.4, -0.2) is 74.8 Å². The molecule has 10 heteroatoms. The van der Waals surface area contributed by atoms with E-state index in [0.29, 0.717) is 23.0 Å². The number of amides is 2. The van der Waals surface area contributed by atoms with Gasteiger partial charge < -0.3 is 39.8 Å². The predicted octanol–water partition coefficient (Wildman–Crippen LogP) is 11.0. The molecule has 0 saturated carbocycles. The Morgan fingerprint density at radius 3 is 1.08 bits per heavy atom. The smallest absolute Gasteiger partial charge is 0.235 e. The lowest BCUT2D eigenvalue weighted by atomic mass is 9.72. The zero-order valence-corrected chi connectivity index (χ0v) is 42.6. The predicted molar refractivity (Wildman–Crippen MR) is 290 cm³/mol. The van der Waals surface area contributed by atoms with Gasteiger partial charge in [-0.05, 0) is 116 Å². The first-order valence-electron chi connectivity index (χ1n) is 24.9. The Balaban J connectivity index is 1.17. The first-order chi connectivity index (χ1) is 35.4. The van der Waals surface area contributed by atoms with E-state index in [9.17, 15) is 10.2 Å². The van der Waals surface area contributed by atoms with Crippen molar-refractivity contribution in [2.24, 2.45) is 5.41 Å². The fourth-order valence-electron chi connectivity index (χ4n) is 10.7. The highest BCUT2D eigenvalue weighted by Crippen LogP contribution is 2.44. The van der Waals surface area contributed by atoms with Crippen LogP contribution in [0.1, 0.15) is 71.9 Å². The summed E-state index contributed by atoms with van der Waals surface area (Å²) in [5, 5.41) is 37.4.